The van der Waals surface area contributed by atoms with Crippen LogP contribution in [0.1, 0.15) is 51.9 Å². The van der Waals surface area contributed by atoms with Crippen molar-refractivity contribution in [2.45, 2.75) is 63.5 Å². The van der Waals surface area contributed by atoms with E-state index in [0.717, 1.165) is 32.1 Å². The van der Waals surface area contributed by atoms with Gasteiger partial charge in [-0.3, -0.25) is 0 Å². The maximum absolute atomic E-state index is 12.0. The summed E-state index contributed by atoms with van der Waals surface area (Å²) in [7, 11) is 0. The van der Waals surface area contributed by atoms with Gasteiger partial charge in [0.15, 0.2) is 0 Å². The van der Waals surface area contributed by atoms with Crippen LogP contribution in [0, 0.1) is 39.9 Å². The molecule has 5 aliphatic carbocycles. The molecule has 0 bridgehead atoms. The largest absolute Gasteiger partial charge is 0.451 e. The molecule has 0 aromatic heterocycles. The minimum absolute atomic E-state index is 0.0588. The van der Waals surface area contributed by atoms with Gasteiger partial charge in [-0.1, -0.05) is 29.8 Å². The van der Waals surface area contributed by atoms with Crippen LogP contribution in [-0.2, 0) is 9.53 Å². The molecule has 1 heterocycles. The van der Waals surface area contributed by atoms with E-state index in [1.54, 1.807) is 11.6 Å². The summed E-state index contributed by atoms with van der Waals surface area (Å²) in [5.41, 5.74) is 3.93. The number of nitroso groups, excluding NO2 is 1. The van der Waals surface area contributed by atoms with E-state index in [1.807, 2.05) is 0 Å². The standard InChI is InChI=1S/C23H27NO3/c1-12-9-17-15(14-4-3-13(24-26)10-16(12)14)5-7-22(2)21(17)18-11-19(18)23(22)8-6-20(25)27-23/h6,8,13,15,17-19,21H,1,3-5,7,9-11H2,2H3/t13?,15?,17?,18?,19?,21?,22-,23-/m0/s1. The van der Waals surface area contributed by atoms with Crippen molar-refractivity contribution in [1.29, 1.82) is 0 Å². The number of carbonyl (C=O) groups excluding carboxylic acids is 1. The molecule has 0 saturated heterocycles. The minimum atomic E-state index is -0.348. The fraction of sp³-hybridized carbons (Fsp3) is 0.696. The van der Waals surface area contributed by atoms with Crippen molar-refractivity contribution in [1.82, 2.24) is 0 Å². The first-order valence-electron chi connectivity index (χ1n) is 10.6. The number of ether oxygens (including phenoxy) is 1. The molecule has 0 aromatic carbocycles. The minimum Gasteiger partial charge on any atom is -0.451 e. The normalized spacial score (nSPS) is 52.2. The number of carbonyl (C=O) groups is 1. The molecule has 1 spiro atoms. The summed E-state index contributed by atoms with van der Waals surface area (Å²) in [6.07, 6.45) is 11.1. The van der Waals surface area contributed by atoms with Crippen molar-refractivity contribution < 1.29 is 9.53 Å². The van der Waals surface area contributed by atoms with E-state index in [-0.39, 0.29) is 23.0 Å². The zero-order valence-corrected chi connectivity index (χ0v) is 15.9. The SMILES string of the molecule is C=C1CC2C(CC[C@@]3(C)C2C2CC2[C@@]32C=CC(=O)O2)C2=C1CC(N=O)CC2. The summed E-state index contributed by atoms with van der Waals surface area (Å²) < 4.78 is 6.05. The zero-order chi connectivity index (χ0) is 18.6. The van der Waals surface area contributed by atoms with Gasteiger partial charge in [-0.05, 0) is 80.3 Å². The molecule has 6 rings (SSSR count). The van der Waals surface area contributed by atoms with Crippen LogP contribution in [0.5, 0.6) is 0 Å². The number of fused-ring (bicyclic) bond motifs is 8. The second-order valence-corrected chi connectivity index (χ2v) is 10.1. The van der Waals surface area contributed by atoms with E-state index in [4.69, 9.17) is 4.74 Å². The number of allylic oxidation sites excluding steroid dienone is 2. The molecule has 1 aliphatic heterocycles. The number of hydrogen-bond donors (Lipinski definition) is 0. The summed E-state index contributed by atoms with van der Waals surface area (Å²) in [4.78, 5) is 23.1. The molecule has 0 aromatic rings. The highest BCUT2D eigenvalue weighted by Gasteiger charge is 2.77. The first kappa shape index (κ1) is 16.3. The van der Waals surface area contributed by atoms with Crippen LogP contribution in [0.2, 0.25) is 0 Å². The van der Waals surface area contributed by atoms with E-state index in [0.29, 0.717) is 29.6 Å². The summed E-state index contributed by atoms with van der Waals surface area (Å²) in [6.45, 7) is 6.83. The van der Waals surface area contributed by atoms with Crippen LogP contribution in [0.15, 0.2) is 40.6 Å². The van der Waals surface area contributed by atoms with Crippen LogP contribution < -0.4 is 0 Å². The monoisotopic (exact) mass is 365 g/mol. The van der Waals surface area contributed by atoms with Crippen LogP contribution in [0.4, 0.5) is 0 Å². The molecule has 6 unspecified atom stereocenters. The molecule has 27 heavy (non-hydrogen) atoms. The van der Waals surface area contributed by atoms with Crippen LogP contribution in [-0.4, -0.2) is 17.6 Å². The zero-order valence-electron chi connectivity index (χ0n) is 15.9. The van der Waals surface area contributed by atoms with Crippen molar-refractivity contribution in [2.24, 2.45) is 40.2 Å². The Morgan fingerprint density at radius 2 is 2.11 bits per heavy atom. The predicted octanol–water partition coefficient (Wildman–Crippen LogP) is 4.71. The fourth-order valence-corrected chi connectivity index (χ4v) is 8.19. The average molecular weight is 365 g/mol. The molecule has 6 aliphatic rings. The average Bonchev–Trinajstić information content (AvgIpc) is 3.30. The Bertz CT molecular complexity index is 841. The summed E-state index contributed by atoms with van der Waals surface area (Å²) in [5, 5.41) is 3.33. The molecule has 0 amide bonds. The van der Waals surface area contributed by atoms with E-state index in [9.17, 15) is 9.70 Å². The van der Waals surface area contributed by atoms with Crippen molar-refractivity contribution in [3.8, 4) is 0 Å². The summed E-state index contributed by atoms with van der Waals surface area (Å²) >= 11 is 0. The van der Waals surface area contributed by atoms with E-state index in [2.05, 4.69) is 24.8 Å². The van der Waals surface area contributed by atoms with Gasteiger partial charge in [0.2, 0.25) is 0 Å². The summed E-state index contributed by atoms with van der Waals surface area (Å²) in [6, 6.07) is -0.0588. The fourth-order valence-electron chi connectivity index (χ4n) is 8.19. The van der Waals surface area contributed by atoms with Gasteiger partial charge >= 0.3 is 5.97 Å². The Morgan fingerprint density at radius 3 is 2.85 bits per heavy atom. The third-order valence-corrected chi connectivity index (χ3v) is 9.25. The highest BCUT2D eigenvalue weighted by molar-refractivity contribution is 5.85. The third-order valence-electron chi connectivity index (χ3n) is 9.25. The van der Waals surface area contributed by atoms with Gasteiger partial charge in [-0.15, -0.1) is 0 Å². The Balaban J connectivity index is 1.39. The van der Waals surface area contributed by atoms with Gasteiger partial charge in [-0.2, -0.15) is 4.91 Å². The summed E-state index contributed by atoms with van der Waals surface area (Å²) in [5.74, 6) is 2.94. The third kappa shape index (κ3) is 1.83. The lowest BCUT2D eigenvalue weighted by Gasteiger charge is -2.55. The number of esters is 1. The maximum atomic E-state index is 12.0. The Labute approximate surface area is 160 Å². The second kappa shape index (κ2) is 5.01. The topological polar surface area (TPSA) is 55.7 Å². The van der Waals surface area contributed by atoms with Crippen LogP contribution in [0.25, 0.3) is 0 Å². The molecule has 3 saturated carbocycles. The molecule has 142 valence electrons. The molecule has 0 N–H and O–H groups in total. The number of hydrogen-bond acceptors (Lipinski definition) is 4. The Kier molecular flexibility index (Phi) is 3.02. The molecule has 0 radical (unpaired) electrons. The van der Waals surface area contributed by atoms with Gasteiger partial charge in [0.1, 0.15) is 5.60 Å². The lowest BCUT2D eigenvalue weighted by atomic mass is 9.50. The molecule has 4 nitrogen and oxygen atoms in total. The van der Waals surface area contributed by atoms with E-state index in [1.165, 1.54) is 24.0 Å². The smallest absolute Gasteiger partial charge is 0.331 e. The van der Waals surface area contributed by atoms with Gasteiger partial charge in [-0.25, -0.2) is 4.79 Å². The quantitative estimate of drug-likeness (QED) is 0.499. The highest BCUT2D eigenvalue weighted by Crippen LogP contribution is 2.77. The van der Waals surface area contributed by atoms with Gasteiger partial charge in [0.25, 0.3) is 0 Å². The van der Waals surface area contributed by atoms with Gasteiger partial charge < -0.3 is 4.74 Å². The van der Waals surface area contributed by atoms with Crippen molar-refractivity contribution >= 4 is 5.97 Å². The van der Waals surface area contributed by atoms with Gasteiger partial charge in [0.05, 0.1) is 6.04 Å². The molecule has 3 fully saturated rings. The molecular formula is C23H27NO3. The first-order valence-corrected chi connectivity index (χ1v) is 10.6. The van der Waals surface area contributed by atoms with Crippen LogP contribution >= 0.6 is 0 Å². The van der Waals surface area contributed by atoms with Crippen molar-refractivity contribution in [2.75, 3.05) is 0 Å². The Morgan fingerprint density at radius 1 is 1.26 bits per heavy atom. The molecule has 4 heteroatoms. The van der Waals surface area contributed by atoms with E-state index < -0.39 is 0 Å². The van der Waals surface area contributed by atoms with E-state index >= 15 is 0 Å². The van der Waals surface area contributed by atoms with Crippen molar-refractivity contribution in [3.05, 3.63) is 40.4 Å². The Hall–Kier alpha value is -1.71. The lowest BCUT2D eigenvalue weighted by molar-refractivity contribution is -0.165. The maximum Gasteiger partial charge on any atom is 0.331 e. The second-order valence-electron chi connectivity index (χ2n) is 10.1. The molecular weight excluding hydrogens is 338 g/mol. The van der Waals surface area contributed by atoms with Crippen LogP contribution in [0.3, 0.4) is 0 Å². The molecule has 8 atom stereocenters. The number of rotatable bonds is 1. The first-order chi connectivity index (χ1) is 13.0. The van der Waals surface area contributed by atoms with Gasteiger partial charge in [0, 0.05) is 17.4 Å². The lowest BCUT2D eigenvalue weighted by Crippen LogP contribution is -2.54. The van der Waals surface area contributed by atoms with Crippen molar-refractivity contribution in [3.63, 3.8) is 0 Å². The predicted molar refractivity (Wildman–Crippen MR) is 102 cm³/mol. The number of nitrogens with zero attached hydrogens (tertiary/aromatic N) is 1. The highest BCUT2D eigenvalue weighted by atomic mass is 16.6.